The highest BCUT2D eigenvalue weighted by molar-refractivity contribution is 6.30. The van der Waals surface area contributed by atoms with E-state index in [4.69, 9.17) is 11.6 Å². The molecule has 2 amide bonds. The van der Waals surface area contributed by atoms with Crippen molar-refractivity contribution < 1.29 is 9.59 Å². The predicted octanol–water partition coefficient (Wildman–Crippen LogP) is 1.19. The van der Waals surface area contributed by atoms with E-state index in [0.29, 0.717) is 12.6 Å². The lowest BCUT2D eigenvalue weighted by Crippen LogP contribution is -2.50. The fraction of sp³-hybridized carbons (Fsp3) is 0.579. The minimum absolute atomic E-state index is 0.00194. The molecular formula is C19H27ClN4O2. The third-order valence-electron chi connectivity index (χ3n) is 4.89. The van der Waals surface area contributed by atoms with Gasteiger partial charge in [-0.2, -0.15) is 0 Å². The van der Waals surface area contributed by atoms with E-state index in [1.54, 1.807) is 7.05 Å². The Kier molecular flexibility index (Phi) is 6.51. The summed E-state index contributed by atoms with van der Waals surface area (Å²) in [6.45, 7) is 5.01. The molecule has 1 saturated carbocycles. The van der Waals surface area contributed by atoms with Crippen LogP contribution in [0.5, 0.6) is 0 Å². The van der Waals surface area contributed by atoms with Crippen LogP contribution >= 0.6 is 11.6 Å². The van der Waals surface area contributed by atoms with Crippen molar-refractivity contribution in [3.05, 3.63) is 34.9 Å². The highest BCUT2D eigenvalue weighted by atomic mass is 35.5. The monoisotopic (exact) mass is 378 g/mol. The van der Waals surface area contributed by atoms with E-state index >= 15 is 0 Å². The van der Waals surface area contributed by atoms with Crippen LogP contribution in [-0.4, -0.2) is 78.9 Å². The van der Waals surface area contributed by atoms with Crippen LogP contribution in [0.3, 0.4) is 0 Å². The zero-order chi connectivity index (χ0) is 18.5. The largest absolute Gasteiger partial charge is 0.352 e. The van der Waals surface area contributed by atoms with Gasteiger partial charge in [-0.25, -0.2) is 0 Å². The van der Waals surface area contributed by atoms with Gasteiger partial charge >= 0.3 is 0 Å². The highest BCUT2D eigenvalue weighted by Gasteiger charge is 2.25. The summed E-state index contributed by atoms with van der Waals surface area (Å²) in [5.74, 6) is -0.0572. The Labute approximate surface area is 160 Å². The number of halogens is 1. The minimum Gasteiger partial charge on any atom is -0.352 e. The molecule has 1 N–H and O–H groups in total. The zero-order valence-electron chi connectivity index (χ0n) is 15.3. The summed E-state index contributed by atoms with van der Waals surface area (Å²) in [7, 11) is 1.70. The van der Waals surface area contributed by atoms with Gasteiger partial charge in [0.25, 0.3) is 0 Å². The van der Waals surface area contributed by atoms with E-state index in [2.05, 4.69) is 27.2 Å². The summed E-state index contributed by atoms with van der Waals surface area (Å²) in [6, 6.07) is 8.28. The number of hydrogen-bond acceptors (Lipinski definition) is 4. The number of carbonyl (C=O) groups is 2. The summed E-state index contributed by atoms with van der Waals surface area (Å²) >= 11 is 5.93. The topological polar surface area (TPSA) is 55.9 Å². The van der Waals surface area contributed by atoms with Gasteiger partial charge in [-0.3, -0.25) is 19.4 Å². The molecule has 3 rings (SSSR count). The van der Waals surface area contributed by atoms with Gasteiger partial charge in [0, 0.05) is 50.8 Å². The first kappa shape index (κ1) is 19.1. The molecule has 0 unspecified atom stereocenters. The van der Waals surface area contributed by atoms with Gasteiger partial charge in [0.05, 0.1) is 13.1 Å². The van der Waals surface area contributed by atoms with Gasteiger partial charge in [0.1, 0.15) is 0 Å². The lowest BCUT2D eigenvalue weighted by Gasteiger charge is -2.35. The van der Waals surface area contributed by atoms with Crippen LogP contribution in [0, 0.1) is 0 Å². The number of benzene rings is 1. The third-order valence-corrected chi connectivity index (χ3v) is 5.14. The Bertz CT molecular complexity index is 625. The number of likely N-dealkylation sites (N-methyl/N-ethyl adjacent to an activating group) is 1. The molecule has 1 aliphatic heterocycles. The van der Waals surface area contributed by atoms with E-state index in [9.17, 15) is 9.59 Å². The second-order valence-electron chi connectivity index (χ2n) is 7.27. The Hall–Kier alpha value is -1.63. The lowest BCUT2D eigenvalue weighted by molar-refractivity contribution is -0.136. The molecule has 0 aromatic heterocycles. The highest BCUT2D eigenvalue weighted by Crippen LogP contribution is 2.18. The first-order valence-electron chi connectivity index (χ1n) is 9.22. The Morgan fingerprint density at radius 1 is 1.12 bits per heavy atom. The molecule has 0 radical (unpaired) electrons. The number of piperazine rings is 1. The molecule has 1 aliphatic carbocycles. The number of rotatable bonds is 7. The second-order valence-corrected chi connectivity index (χ2v) is 7.71. The minimum atomic E-state index is -0.0591. The fourth-order valence-electron chi connectivity index (χ4n) is 3.07. The van der Waals surface area contributed by atoms with E-state index in [1.165, 1.54) is 10.5 Å². The second kappa shape index (κ2) is 8.84. The van der Waals surface area contributed by atoms with Crippen LogP contribution in [0.4, 0.5) is 0 Å². The maximum Gasteiger partial charge on any atom is 0.239 e. The Morgan fingerprint density at radius 3 is 2.35 bits per heavy atom. The van der Waals surface area contributed by atoms with Gasteiger partial charge in [0.15, 0.2) is 0 Å². The molecule has 1 aromatic carbocycles. The quantitative estimate of drug-likeness (QED) is 0.774. The van der Waals surface area contributed by atoms with Crippen LogP contribution < -0.4 is 5.32 Å². The van der Waals surface area contributed by atoms with Gasteiger partial charge < -0.3 is 10.2 Å². The maximum atomic E-state index is 12.3. The first-order chi connectivity index (χ1) is 12.5. The zero-order valence-corrected chi connectivity index (χ0v) is 16.0. The smallest absolute Gasteiger partial charge is 0.239 e. The SMILES string of the molecule is CN(CC(=O)NC1CC1)C(=O)CN1CCN(Cc2ccc(Cl)cc2)CC1. The van der Waals surface area contributed by atoms with Crippen molar-refractivity contribution in [3.8, 4) is 0 Å². The van der Waals surface area contributed by atoms with Crippen LogP contribution in [0.15, 0.2) is 24.3 Å². The van der Waals surface area contributed by atoms with Gasteiger partial charge in [0.2, 0.25) is 11.8 Å². The summed E-state index contributed by atoms with van der Waals surface area (Å²) in [5, 5.41) is 3.67. The molecule has 26 heavy (non-hydrogen) atoms. The average Bonchev–Trinajstić information content (AvgIpc) is 3.42. The van der Waals surface area contributed by atoms with E-state index < -0.39 is 0 Å². The maximum absolute atomic E-state index is 12.3. The van der Waals surface area contributed by atoms with Gasteiger partial charge in [-0.15, -0.1) is 0 Å². The number of nitrogens with zero attached hydrogens (tertiary/aromatic N) is 3. The number of hydrogen-bond donors (Lipinski definition) is 1. The first-order valence-corrected chi connectivity index (χ1v) is 9.60. The number of amides is 2. The molecule has 7 heteroatoms. The van der Waals surface area contributed by atoms with Gasteiger partial charge in [-0.05, 0) is 30.5 Å². The van der Waals surface area contributed by atoms with Gasteiger partial charge in [-0.1, -0.05) is 23.7 Å². The lowest BCUT2D eigenvalue weighted by atomic mass is 10.2. The summed E-state index contributed by atoms with van der Waals surface area (Å²) in [4.78, 5) is 30.2. The van der Waals surface area contributed by atoms with Crippen molar-refractivity contribution in [2.75, 3.05) is 46.3 Å². The van der Waals surface area contributed by atoms with Crippen LogP contribution in [0.25, 0.3) is 0 Å². The molecule has 1 heterocycles. The van der Waals surface area contributed by atoms with Crippen molar-refractivity contribution >= 4 is 23.4 Å². The molecule has 1 aromatic rings. The Morgan fingerprint density at radius 2 is 1.73 bits per heavy atom. The normalized spacial score (nSPS) is 18.5. The molecular weight excluding hydrogens is 352 g/mol. The summed E-state index contributed by atoms with van der Waals surface area (Å²) < 4.78 is 0. The Balaban J connectivity index is 1.36. The van der Waals surface area contributed by atoms with Crippen molar-refractivity contribution in [2.45, 2.75) is 25.4 Å². The molecule has 0 spiro atoms. The molecule has 2 fully saturated rings. The van der Waals surface area contributed by atoms with Crippen molar-refractivity contribution in [1.29, 1.82) is 0 Å². The summed E-state index contributed by atoms with van der Waals surface area (Å²) in [6.07, 6.45) is 2.12. The predicted molar refractivity (Wildman–Crippen MR) is 102 cm³/mol. The summed E-state index contributed by atoms with van der Waals surface area (Å²) in [5.41, 5.74) is 1.25. The molecule has 142 valence electrons. The van der Waals surface area contributed by atoms with Crippen molar-refractivity contribution in [1.82, 2.24) is 20.0 Å². The third kappa shape index (κ3) is 5.97. The molecule has 1 saturated heterocycles. The number of carbonyl (C=O) groups excluding carboxylic acids is 2. The molecule has 2 aliphatic rings. The molecule has 6 nitrogen and oxygen atoms in total. The van der Waals surface area contributed by atoms with Crippen LogP contribution in [-0.2, 0) is 16.1 Å². The van der Waals surface area contributed by atoms with E-state index in [-0.39, 0.29) is 18.4 Å². The molecule has 0 bridgehead atoms. The van der Waals surface area contributed by atoms with E-state index in [1.807, 2.05) is 12.1 Å². The standard InChI is InChI=1S/C19H27ClN4O2/c1-22(13-18(25)21-17-6-7-17)19(26)14-24-10-8-23(9-11-24)12-15-2-4-16(20)5-3-15/h2-5,17H,6-14H2,1H3,(H,21,25). The van der Waals surface area contributed by atoms with E-state index in [0.717, 1.165) is 50.6 Å². The van der Waals surface area contributed by atoms with Crippen LogP contribution in [0.1, 0.15) is 18.4 Å². The van der Waals surface area contributed by atoms with Crippen molar-refractivity contribution in [3.63, 3.8) is 0 Å². The van der Waals surface area contributed by atoms with Crippen molar-refractivity contribution in [2.24, 2.45) is 0 Å². The fourth-order valence-corrected chi connectivity index (χ4v) is 3.20. The molecule has 0 atom stereocenters. The number of nitrogens with one attached hydrogen (secondary N) is 1. The average molecular weight is 379 g/mol. The van der Waals surface area contributed by atoms with Crippen LogP contribution in [0.2, 0.25) is 5.02 Å².